The lowest BCUT2D eigenvalue weighted by molar-refractivity contribution is 0.0827. The fraction of sp³-hybridized carbons (Fsp3) is 0.567. The zero-order valence-electron chi connectivity index (χ0n) is 22.6. The number of phenolic OH excluding ortho intramolecular Hbond substituents is 1. The number of carbonyl (C=O) groups excluding carboxylic acids is 1. The third-order valence-electron chi connectivity index (χ3n) is 7.44. The molecule has 1 aliphatic rings. The summed E-state index contributed by atoms with van der Waals surface area (Å²) in [6.07, 6.45) is 13.1. The number of unbranched alkanes of at least 4 members (excludes halogenated alkanes) is 7. The second kappa shape index (κ2) is 14.0. The number of aromatic hydroxyl groups is 1. The van der Waals surface area contributed by atoms with Crippen LogP contribution in [0.15, 0.2) is 42.5 Å². The van der Waals surface area contributed by atoms with Crippen molar-refractivity contribution in [1.82, 2.24) is 4.90 Å². The van der Waals surface area contributed by atoms with E-state index in [4.69, 9.17) is 4.18 Å². The Bertz CT molecular complexity index is 1110. The standard InChI is InChI=1S/C30H43NO5S/c1-31(2)30(33)24-15-13-23(14-16-24)27-19-17-25-22-26(32)18-20-28(25)29(27)12-10-8-6-4-5-7-9-11-21-36-37(3,34)35/h13-16,18,20,22,27,29,32H,4-12,17,19,21H2,1-3H3. The van der Waals surface area contributed by atoms with Gasteiger partial charge in [0.25, 0.3) is 16.0 Å². The van der Waals surface area contributed by atoms with Crippen LogP contribution in [0, 0.1) is 0 Å². The summed E-state index contributed by atoms with van der Waals surface area (Å²) in [6, 6.07) is 14.0. The summed E-state index contributed by atoms with van der Waals surface area (Å²) in [6.45, 7) is 0.287. The molecular formula is C30H43NO5S. The van der Waals surface area contributed by atoms with E-state index < -0.39 is 10.1 Å². The summed E-state index contributed by atoms with van der Waals surface area (Å²) < 4.78 is 26.7. The van der Waals surface area contributed by atoms with Crippen molar-refractivity contribution in [2.45, 2.75) is 82.5 Å². The quantitative estimate of drug-likeness (QED) is 0.226. The van der Waals surface area contributed by atoms with Crippen molar-refractivity contribution in [3.63, 3.8) is 0 Å². The fourth-order valence-electron chi connectivity index (χ4n) is 5.52. The van der Waals surface area contributed by atoms with Crippen LogP contribution in [0.3, 0.4) is 0 Å². The molecule has 7 heteroatoms. The highest BCUT2D eigenvalue weighted by molar-refractivity contribution is 7.85. The van der Waals surface area contributed by atoms with Crippen molar-refractivity contribution in [3.05, 3.63) is 64.7 Å². The SMILES string of the molecule is CN(C)C(=O)c1ccc(C2CCc3cc(O)ccc3C2CCCCCCCCCCOS(C)(=O)=O)cc1. The Kier molecular flexibility index (Phi) is 11.0. The van der Waals surface area contributed by atoms with E-state index in [1.807, 2.05) is 24.3 Å². The van der Waals surface area contributed by atoms with E-state index in [0.717, 1.165) is 44.8 Å². The molecule has 2 unspecified atom stereocenters. The first kappa shape index (κ1) is 29.2. The number of phenols is 1. The van der Waals surface area contributed by atoms with Gasteiger partial charge >= 0.3 is 0 Å². The molecule has 1 N–H and O–H groups in total. The largest absolute Gasteiger partial charge is 0.508 e. The van der Waals surface area contributed by atoms with Crippen LogP contribution in [0.2, 0.25) is 0 Å². The molecular weight excluding hydrogens is 486 g/mol. The van der Waals surface area contributed by atoms with Crippen LogP contribution < -0.4 is 0 Å². The molecule has 6 nitrogen and oxygen atoms in total. The van der Waals surface area contributed by atoms with Crippen LogP contribution in [0.1, 0.15) is 103 Å². The van der Waals surface area contributed by atoms with Gasteiger partial charge in [0.05, 0.1) is 12.9 Å². The number of hydrogen-bond acceptors (Lipinski definition) is 5. The fourth-order valence-corrected chi connectivity index (χ4v) is 5.94. The Morgan fingerprint density at radius 2 is 1.57 bits per heavy atom. The Balaban J connectivity index is 1.51. The van der Waals surface area contributed by atoms with Crippen LogP contribution >= 0.6 is 0 Å². The van der Waals surface area contributed by atoms with Gasteiger partial charge in [-0.05, 0) is 78.5 Å². The molecule has 2 aromatic rings. The number of nitrogens with zero attached hydrogens (tertiary/aromatic N) is 1. The monoisotopic (exact) mass is 529 g/mol. The number of carbonyl (C=O) groups is 1. The van der Waals surface area contributed by atoms with Crippen molar-refractivity contribution in [2.75, 3.05) is 27.0 Å². The Morgan fingerprint density at radius 3 is 2.19 bits per heavy atom. The number of fused-ring (bicyclic) bond motifs is 1. The first-order valence-corrected chi connectivity index (χ1v) is 15.4. The molecule has 1 amide bonds. The smallest absolute Gasteiger partial charge is 0.264 e. The van der Waals surface area contributed by atoms with E-state index in [1.54, 1.807) is 19.0 Å². The molecule has 3 rings (SSSR count). The van der Waals surface area contributed by atoms with Crippen molar-refractivity contribution in [1.29, 1.82) is 0 Å². The molecule has 0 radical (unpaired) electrons. The summed E-state index contributed by atoms with van der Waals surface area (Å²) in [7, 11) is 0.229. The highest BCUT2D eigenvalue weighted by Crippen LogP contribution is 2.46. The van der Waals surface area contributed by atoms with Gasteiger partial charge in [-0.25, -0.2) is 0 Å². The number of aryl methyl sites for hydroxylation is 1. The zero-order chi connectivity index (χ0) is 26.8. The number of benzene rings is 2. The highest BCUT2D eigenvalue weighted by atomic mass is 32.2. The molecule has 204 valence electrons. The second-order valence-electron chi connectivity index (χ2n) is 10.6. The average molecular weight is 530 g/mol. The molecule has 0 heterocycles. The predicted octanol–water partition coefficient (Wildman–Crippen LogP) is 6.39. The van der Waals surface area contributed by atoms with E-state index >= 15 is 0 Å². The molecule has 2 aromatic carbocycles. The average Bonchev–Trinajstić information content (AvgIpc) is 2.86. The molecule has 37 heavy (non-hydrogen) atoms. The van der Waals surface area contributed by atoms with Gasteiger partial charge in [0.1, 0.15) is 5.75 Å². The van der Waals surface area contributed by atoms with Crippen molar-refractivity contribution in [2.24, 2.45) is 0 Å². The van der Waals surface area contributed by atoms with Crippen LogP contribution in [0.5, 0.6) is 5.75 Å². The van der Waals surface area contributed by atoms with Gasteiger partial charge in [-0.1, -0.05) is 63.1 Å². The van der Waals surface area contributed by atoms with Crippen LogP contribution in [-0.2, 0) is 20.7 Å². The maximum atomic E-state index is 12.3. The second-order valence-corrected chi connectivity index (χ2v) is 12.2. The van der Waals surface area contributed by atoms with Gasteiger partial charge in [0.15, 0.2) is 0 Å². The van der Waals surface area contributed by atoms with E-state index in [-0.39, 0.29) is 12.5 Å². The first-order chi connectivity index (χ1) is 17.7. The Morgan fingerprint density at radius 1 is 0.946 bits per heavy atom. The van der Waals surface area contributed by atoms with E-state index in [2.05, 4.69) is 18.2 Å². The summed E-state index contributed by atoms with van der Waals surface area (Å²) in [4.78, 5) is 13.9. The summed E-state index contributed by atoms with van der Waals surface area (Å²) in [5.74, 6) is 1.18. The molecule has 0 saturated heterocycles. The van der Waals surface area contributed by atoms with Crippen molar-refractivity contribution >= 4 is 16.0 Å². The lowest BCUT2D eigenvalue weighted by atomic mass is 9.70. The third-order valence-corrected chi connectivity index (χ3v) is 8.03. The summed E-state index contributed by atoms with van der Waals surface area (Å²) >= 11 is 0. The van der Waals surface area contributed by atoms with E-state index in [1.165, 1.54) is 48.8 Å². The predicted molar refractivity (Wildman–Crippen MR) is 149 cm³/mol. The normalized spacial score (nSPS) is 17.4. The molecule has 1 aliphatic carbocycles. The minimum absolute atomic E-state index is 0.0230. The Labute approximate surface area is 223 Å². The number of amides is 1. The third kappa shape index (κ3) is 9.15. The molecule has 0 fully saturated rings. The minimum Gasteiger partial charge on any atom is -0.508 e. The van der Waals surface area contributed by atoms with Crippen molar-refractivity contribution in [3.8, 4) is 5.75 Å². The van der Waals surface area contributed by atoms with E-state index in [9.17, 15) is 18.3 Å². The van der Waals surface area contributed by atoms with Gasteiger partial charge in [-0.15, -0.1) is 0 Å². The molecule has 0 spiro atoms. The summed E-state index contributed by atoms with van der Waals surface area (Å²) in [5, 5.41) is 10.0. The number of rotatable bonds is 14. The molecule has 2 atom stereocenters. The van der Waals surface area contributed by atoms with Gasteiger partial charge in [0, 0.05) is 19.7 Å². The summed E-state index contributed by atoms with van der Waals surface area (Å²) in [5.41, 5.74) is 4.63. The number of hydrogen-bond donors (Lipinski definition) is 1. The van der Waals surface area contributed by atoms with Crippen LogP contribution in [-0.4, -0.2) is 51.3 Å². The maximum Gasteiger partial charge on any atom is 0.264 e. The van der Waals surface area contributed by atoms with Gasteiger partial charge < -0.3 is 10.0 Å². The van der Waals surface area contributed by atoms with Crippen molar-refractivity contribution < 1.29 is 22.5 Å². The molecule has 0 aliphatic heterocycles. The topological polar surface area (TPSA) is 83.9 Å². The van der Waals surface area contributed by atoms with Crippen LogP contribution in [0.25, 0.3) is 0 Å². The lowest BCUT2D eigenvalue weighted by Gasteiger charge is -2.34. The highest BCUT2D eigenvalue weighted by Gasteiger charge is 2.30. The van der Waals surface area contributed by atoms with Gasteiger partial charge in [-0.3, -0.25) is 8.98 Å². The zero-order valence-corrected chi connectivity index (χ0v) is 23.4. The molecule has 0 saturated carbocycles. The molecule has 0 bridgehead atoms. The van der Waals surface area contributed by atoms with E-state index in [0.29, 0.717) is 23.1 Å². The first-order valence-electron chi connectivity index (χ1n) is 13.6. The van der Waals surface area contributed by atoms with Crippen LogP contribution in [0.4, 0.5) is 0 Å². The van der Waals surface area contributed by atoms with Gasteiger partial charge in [-0.2, -0.15) is 8.42 Å². The minimum atomic E-state index is -3.32. The lowest BCUT2D eigenvalue weighted by Crippen LogP contribution is -2.22. The maximum absolute atomic E-state index is 12.3. The van der Waals surface area contributed by atoms with Gasteiger partial charge in [0.2, 0.25) is 0 Å². The Hall–Kier alpha value is -2.38. The molecule has 0 aromatic heterocycles.